The van der Waals surface area contributed by atoms with Gasteiger partial charge in [0.25, 0.3) is 0 Å². The molecule has 0 aliphatic heterocycles. The molecular formula is C14H13N3. The molecule has 0 aliphatic rings. The lowest BCUT2D eigenvalue weighted by atomic mass is 10.1. The summed E-state index contributed by atoms with van der Waals surface area (Å²) in [5.74, 6) is 0. The Morgan fingerprint density at radius 1 is 1.18 bits per heavy atom. The number of anilines is 1. The minimum Gasteiger partial charge on any atom is -0.397 e. The highest BCUT2D eigenvalue weighted by atomic mass is 14.8. The summed E-state index contributed by atoms with van der Waals surface area (Å²) in [6.45, 7) is 2.04. The Bertz CT molecular complexity index is 669. The Morgan fingerprint density at radius 3 is 2.82 bits per heavy atom. The highest BCUT2D eigenvalue weighted by molar-refractivity contribution is 5.94. The van der Waals surface area contributed by atoms with Crippen LogP contribution in [0.5, 0.6) is 0 Å². The zero-order valence-corrected chi connectivity index (χ0v) is 9.57. The summed E-state index contributed by atoms with van der Waals surface area (Å²) in [7, 11) is 0. The van der Waals surface area contributed by atoms with E-state index in [-0.39, 0.29) is 0 Å². The molecule has 0 radical (unpaired) electrons. The van der Waals surface area contributed by atoms with E-state index >= 15 is 0 Å². The Balaban J connectivity index is 2.24. The average molecular weight is 223 g/mol. The standard InChI is InChI=1S/C14H13N3/c1-9-6-10-8-13(12-4-2-3-5-16-12)17-14(10)11(15)7-9/h2-8,17H,15H2,1H3. The molecule has 84 valence electrons. The molecule has 0 atom stereocenters. The van der Waals surface area contributed by atoms with Gasteiger partial charge in [0, 0.05) is 11.6 Å². The fourth-order valence-corrected chi connectivity index (χ4v) is 2.09. The third kappa shape index (κ3) is 1.65. The number of hydrogen-bond donors (Lipinski definition) is 2. The van der Waals surface area contributed by atoms with E-state index in [1.807, 2.05) is 31.2 Å². The first kappa shape index (κ1) is 9.90. The maximum atomic E-state index is 6.00. The van der Waals surface area contributed by atoms with E-state index in [1.54, 1.807) is 6.20 Å². The van der Waals surface area contributed by atoms with E-state index in [9.17, 15) is 0 Å². The van der Waals surface area contributed by atoms with E-state index in [0.29, 0.717) is 0 Å². The molecule has 3 N–H and O–H groups in total. The monoisotopic (exact) mass is 223 g/mol. The maximum absolute atomic E-state index is 6.00. The Labute approximate surface area is 99.3 Å². The molecule has 17 heavy (non-hydrogen) atoms. The van der Waals surface area contributed by atoms with Crippen molar-refractivity contribution in [2.75, 3.05) is 5.73 Å². The van der Waals surface area contributed by atoms with Gasteiger partial charge in [0.15, 0.2) is 0 Å². The van der Waals surface area contributed by atoms with E-state index in [4.69, 9.17) is 5.73 Å². The van der Waals surface area contributed by atoms with Crippen LogP contribution in [0.25, 0.3) is 22.3 Å². The van der Waals surface area contributed by atoms with E-state index < -0.39 is 0 Å². The van der Waals surface area contributed by atoms with Crippen molar-refractivity contribution in [3.05, 3.63) is 48.2 Å². The van der Waals surface area contributed by atoms with Gasteiger partial charge in [-0.15, -0.1) is 0 Å². The third-order valence-corrected chi connectivity index (χ3v) is 2.84. The van der Waals surface area contributed by atoms with Crippen molar-refractivity contribution in [3.8, 4) is 11.4 Å². The quantitative estimate of drug-likeness (QED) is 0.623. The smallest absolute Gasteiger partial charge is 0.0864 e. The summed E-state index contributed by atoms with van der Waals surface area (Å²) in [6, 6.07) is 12.0. The van der Waals surface area contributed by atoms with Crippen LogP contribution >= 0.6 is 0 Å². The van der Waals surface area contributed by atoms with Gasteiger partial charge >= 0.3 is 0 Å². The Kier molecular flexibility index (Phi) is 2.11. The predicted molar refractivity (Wildman–Crippen MR) is 70.7 cm³/mol. The molecule has 3 nitrogen and oxygen atoms in total. The van der Waals surface area contributed by atoms with Gasteiger partial charge in [-0.3, -0.25) is 4.98 Å². The molecule has 0 unspecified atom stereocenters. The number of nitrogens with two attached hydrogens (primary N) is 1. The van der Waals surface area contributed by atoms with Crippen molar-refractivity contribution in [2.45, 2.75) is 6.92 Å². The number of hydrogen-bond acceptors (Lipinski definition) is 2. The number of benzene rings is 1. The van der Waals surface area contributed by atoms with Crippen molar-refractivity contribution in [1.29, 1.82) is 0 Å². The van der Waals surface area contributed by atoms with Gasteiger partial charge in [0.1, 0.15) is 0 Å². The summed E-state index contributed by atoms with van der Waals surface area (Å²) in [4.78, 5) is 7.64. The zero-order chi connectivity index (χ0) is 11.8. The third-order valence-electron chi connectivity index (χ3n) is 2.84. The first-order chi connectivity index (χ1) is 8.24. The molecule has 3 aromatic rings. The molecule has 0 aliphatic carbocycles. The van der Waals surface area contributed by atoms with Crippen molar-refractivity contribution in [3.63, 3.8) is 0 Å². The van der Waals surface area contributed by atoms with Crippen molar-refractivity contribution >= 4 is 16.6 Å². The van der Waals surface area contributed by atoms with Gasteiger partial charge in [0.2, 0.25) is 0 Å². The summed E-state index contributed by atoms with van der Waals surface area (Å²) < 4.78 is 0. The first-order valence-electron chi connectivity index (χ1n) is 5.54. The average Bonchev–Trinajstić information content (AvgIpc) is 2.74. The van der Waals surface area contributed by atoms with Crippen LogP contribution in [0.1, 0.15) is 5.56 Å². The molecule has 2 heterocycles. The highest BCUT2D eigenvalue weighted by Crippen LogP contribution is 2.27. The SMILES string of the molecule is Cc1cc(N)c2[nH]c(-c3ccccn3)cc2c1. The second-order valence-electron chi connectivity index (χ2n) is 4.22. The van der Waals surface area contributed by atoms with Crippen LogP contribution < -0.4 is 5.73 Å². The first-order valence-corrected chi connectivity index (χ1v) is 5.54. The topological polar surface area (TPSA) is 54.7 Å². The molecular weight excluding hydrogens is 210 g/mol. The zero-order valence-electron chi connectivity index (χ0n) is 9.57. The van der Waals surface area contributed by atoms with E-state index in [1.165, 1.54) is 5.56 Å². The molecule has 0 spiro atoms. The Morgan fingerprint density at radius 2 is 2.06 bits per heavy atom. The summed E-state index contributed by atoms with van der Waals surface area (Å²) >= 11 is 0. The molecule has 0 saturated carbocycles. The number of H-pyrrole nitrogens is 1. The van der Waals surface area contributed by atoms with Crippen molar-refractivity contribution < 1.29 is 0 Å². The molecule has 0 bridgehead atoms. The van der Waals surface area contributed by atoms with Crippen LogP contribution in [0.3, 0.4) is 0 Å². The lowest BCUT2D eigenvalue weighted by Gasteiger charge is -1.98. The number of nitrogen functional groups attached to an aromatic ring is 1. The number of fused-ring (bicyclic) bond motifs is 1. The minimum absolute atomic E-state index is 0.780. The van der Waals surface area contributed by atoms with Crippen LogP contribution in [0.2, 0.25) is 0 Å². The molecule has 1 aromatic carbocycles. The number of aromatic nitrogens is 2. The van der Waals surface area contributed by atoms with Crippen LogP contribution in [0, 0.1) is 6.92 Å². The lowest BCUT2D eigenvalue weighted by Crippen LogP contribution is -1.87. The van der Waals surface area contributed by atoms with E-state index in [2.05, 4.69) is 22.1 Å². The number of pyridine rings is 1. The van der Waals surface area contributed by atoms with Gasteiger partial charge in [-0.2, -0.15) is 0 Å². The minimum atomic E-state index is 0.780. The molecule has 2 aromatic heterocycles. The van der Waals surface area contributed by atoms with Gasteiger partial charge in [-0.25, -0.2) is 0 Å². The Hall–Kier alpha value is -2.29. The number of aryl methyl sites for hydroxylation is 1. The molecule has 3 heteroatoms. The molecule has 0 amide bonds. The van der Waals surface area contributed by atoms with Gasteiger partial charge < -0.3 is 10.7 Å². The second kappa shape index (κ2) is 3.63. The van der Waals surface area contributed by atoms with E-state index in [0.717, 1.165) is 28.0 Å². The van der Waals surface area contributed by atoms with Crippen LogP contribution in [0.4, 0.5) is 5.69 Å². The van der Waals surface area contributed by atoms with Crippen LogP contribution in [-0.2, 0) is 0 Å². The summed E-state index contributed by atoms with van der Waals surface area (Å²) in [5.41, 5.74) is 10.9. The van der Waals surface area contributed by atoms with Gasteiger partial charge in [-0.1, -0.05) is 6.07 Å². The second-order valence-corrected chi connectivity index (χ2v) is 4.22. The summed E-state index contributed by atoms with van der Waals surface area (Å²) in [5, 5.41) is 1.13. The summed E-state index contributed by atoms with van der Waals surface area (Å²) in [6.07, 6.45) is 1.79. The number of aromatic amines is 1. The highest BCUT2D eigenvalue weighted by Gasteiger charge is 2.06. The number of rotatable bonds is 1. The van der Waals surface area contributed by atoms with Crippen LogP contribution in [-0.4, -0.2) is 9.97 Å². The number of nitrogens with zero attached hydrogens (tertiary/aromatic N) is 1. The fraction of sp³-hybridized carbons (Fsp3) is 0.0714. The largest absolute Gasteiger partial charge is 0.397 e. The normalized spacial score (nSPS) is 10.9. The van der Waals surface area contributed by atoms with Crippen molar-refractivity contribution in [2.24, 2.45) is 0 Å². The van der Waals surface area contributed by atoms with Gasteiger partial charge in [-0.05, 0) is 42.8 Å². The molecule has 0 saturated heterocycles. The lowest BCUT2D eigenvalue weighted by molar-refractivity contribution is 1.29. The fourth-order valence-electron chi connectivity index (χ4n) is 2.09. The van der Waals surface area contributed by atoms with Crippen LogP contribution in [0.15, 0.2) is 42.6 Å². The predicted octanol–water partition coefficient (Wildman–Crippen LogP) is 3.12. The van der Waals surface area contributed by atoms with Gasteiger partial charge in [0.05, 0.1) is 22.6 Å². The molecule has 0 fully saturated rings. The maximum Gasteiger partial charge on any atom is 0.0864 e. The van der Waals surface area contributed by atoms with Crippen molar-refractivity contribution in [1.82, 2.24) is 9.97 Å². The molecule has 3 rings (SSSR count). The number of nitrogens with one attached hydrogen (secondary N) is 1.